The summed E-state index contributed by atoms with van der Waals surface area (Å²) in [6.45, 7) is 3.00. The molecule has 326 valence electrons. The molecule has 16 heteroatoms. The summed E-state index contributed by atoms with van der Waals surface area (Å²) in [5.74, 6) is -0.647. The molecule has 0 spiro atoms. The Balaban J connectivity index is 1.15. The maximum absolute atomic E-state index is 14.0. The van der Waals surface area contributed by atoms with Gasteiger partial charge in [-0.25, -0.2) is 21.6 Å². The number of amides is 1. The Morgan fingerprint density at radius 3 is 2.21 bits per heavy atom. The predicted octanol–water partition coefficient (Wildman–Crippen LogP) is 9.78. The fourth-order valence-corrected chi connectivity index (χ4v) is 10.6. The average molecular weight is 916 g/mol. The van der Waals surface area contributed by atoms with E-state index in [0.717, 1.165) is 78.5 Å². The zero-order valence-electron chi connectivity index (χ0n) is 34.0. The van der Waals surface area contributed by atoms with Crippen LogP contribution in [0.2, 0.25) is 5.02 Å². The first-order valence-electron chi connectivity index (χ1n) is 20.1. The maximum atomic E-state index is 14.0. The van der Waals surface area contributed by atoms with Crippen LogP contribution in [0.5, 0.6) is 0 Å². The minimum atomic E-state index is -6.03. The smallest absolute Gasteiger partial charge is 0.380 e. The number of alkyl halides is 3. The van der Waals surface area contributed by atoms with Crippen LogP contribution in [-0.4, -0.2) is 90.1 Å². The third-order valence-corrected chi connectivity index (χ3v) is 15.1. The summed E-state index contributed by atoms with van der Waals surface area (Å²) >= 11 is 7.60. The van der Waals surface area contributed by atoms with Crippen LogP contribution >= 0.6 is 23.4 Å². The van der Waals surface area contributed by atoms with Crippen molar-refractivity contribution in [2.75, 3.05) is 51.3 Å². The lowest BCUT2D eigenvalue weighted by molar-refractivity contribution is -0.0435. The molecule has 0 unspecified atom stereocenters. The number of rotatable bonds is 16. The number of sulfone groups is 1. The van der Waals surface area contributed by atoms with E-state index in [1.54, 1.807) is 12.1 Å². The van der Waals surface area contributed by atoms with E-state index in [-0.39, 0.29) is 5.56 Å². The Morgan fingerprint density at radius 1 is 0.869 bits per heavy atom. The summed E-state index contributed by atoms with van der Waals surface area (Å²) in [7, 11) is -7.18. The summed E-state index contributed by atoms with van der Waals surface area (Å²) in [5.41, 5.74) is -0.0508. The van der Waals surface area contributed by atoms with Crippen LogP contribution in [0.4, 0.5) is 18.9 Å². The van der Waals surface area contributed by atoms with Gasteiger partial charge in [-0.15, -0.1) is 11.8 Å². The number of carbonyl (C=O) groups excluding carboxylic acids is 1. The summed E-state index contributed by atoms with van der Waals surface area (Å²) in [4.78, 5) is 16.4. The van der Waals surface area contributed by atoms with Crippen LogP contribution in [-0.2, 0) is 19.9 Å². The van der Waals surface area contributed by atoms with Crippen LogP contribution in [0.25, 0.3) is 11.1 Å². The Bertz CT molecular complexity index is 2450. The second kappa shape index (κ2) is 20.4. The number of halogens is 4. The lowest BCUT2D eigenvalue weighted by atomic mass is 9.94. The van der Waals surface area contributed by atoms with Crippen LogP contribution in [0.15, 0.2) is 123 Å². The van der Waals surface area contributed by atoms with Gasteiger partial charge in [0, 0.05) is 46.9 Å². The molecule has 4 aromatic carbocycles. The SMILES string of the molecule is CN(C)CC[C@H](CSc1ccccc1)Nc1ccc(S(=O)(=O)NC(=O)c2ccc(C3=CCN(CC4=C(c5ccc(Cl)cc5)CCCCC4)CC3)cc2)cc1S(=O)(=O)C(F)(F)F. The number of carbonyl (C=O) groups is 1. The van der Waals surface area contributed by atoms with Crippen LogP contribution in [0, 0.1) is 0 Å². The molecule has 0 fully saturated rings. The molecule has 2 N–H and O–H groups in total. The molecule has 1 aliphatic heterocycles. The van der Waals surface area contributed by atoms with Crippen molar-refractivity contribution >= 4 is 66.0 Å². The first-order valence-corrected chi connectivity index (χ1v) is 24.4. The first-order chi connectivity index (χ1) is 29.0. The van der Waals surface area contributed by atoms with Crippen molar-refractivity contribution in [3.05, 3.63) is 130 Å². The number of nitrogens with zero attached hydrogens (tertiary/aromatic N) is 2. The van der Waals surface area contributed by atoms with E-state index >= 15 is 0 Å². The molecule has 0 bridgehead atoms. The molecule has 6 rings (SSSR count). The molecule has 1 heterocycles. The van der Waals surface area contributed by atoms with Gasteiger partial charge in [0.15, 0.2) is 0 Å². The van der Waals surface area contributed by atoms with E-state index in [1.807, 2.05) is 66.2 Å². The highest BCUT2D eigenvalue weighted by molar-refractivity contribution is 7.99. The van der Waals surface area contributed by atoms with Crippen molar-refractivity contribution in [2.24, 2.45) is 0 Å². The highest BCUT2D eigenvalue weighted by atomic mass is 35.5. The molecule has 4 aromatic rings. The van der Waals surface area contributed by atoms with Crippen LogP contribution in [0.1, 0.15) is 66.4 Å². The maximum Gasteiger partial charge on any atom is 0.501 e. The van der Waals surface area contributed by atoms with Gasteiger partial charge < -0.3 is 10.2 Å². The number of sulfonamides is 1. The lowest BCUT2D eigenvalue weighted by Gasteiger charge is -2.28. The molecule has 61 heavy (non-hydrogen) atoms. The Labute approximate surface area is 366 Å². The molecule has 0 saturated heterocycles. The average Bonchev–Trinajstić information content (AvgIpc) is 3.47. The normalized spacial score (nSPS) is 16.2. The Morgan fingerprint density at radius 2 is 1.56 bits per heavy atom. The molecule has 1 atom stereocenters. The van der Waals surface area contributed by atoms with Gasteiger partial charge in [0.05, 0.1) is 10.6 Å². The van der Waals surface area contributed by atoms with Crippen LogP contribution < -0.4 is 10.0 Å². The Kier molecular flexibility index (Phi) is 15.5. The van der Waals surface area contributed by atoms with Crippen molar-refractivity contribution in [2.45, 2.75) is 71.2 Å². The number of hydrogen-bond donors (Lipinski definition) is 2. The molecule has 0 saturated carbocycles. The fraction of sp³-hybridized carbons (Fsp3) is 0.356. The van der Waals surface area contributed by atoms with Crippen molar-refractivity contribution in [1.29, 1.82) is 0 Å². The number of nitrogens with one attached hydrogen (secondary N) is 2. The molecule has 9 nitrogen and oxygen atoms in total. The van der Waals surface area contributed by atoms with Gasteiger partial charge in [-0.05, 0) is 136 Å². The van der Waals surface area contributed by atoms with Gasteiger partial charge in [-0.2, -0.15) is 13.2 Å². The molecule has 2 aliphatic rings. The van der Waals surface area contributed by atoms with Crippen molar-refractivity contribution in [1.82, 2.24) is 14.5 Å². The zero-order valence-corrected chi connectivity index (χ0v) is 37.3. The van der Waals surface area contributed by atoms with Gasteiger partial charge in [-0.1, -0.05) is 72.1 Å². The summed E-state index contributed by atoms with van der Waals surface area (Å²) in [6, 6.07) is 25.7. The van der Waals surface area contributed by atoms with E-state index in [0.29, 0.717) is 24.8 Å². The van der Waals surface area contributed by atoms with Crippen LogP contribution in [0.3, 0.4) is 0 Å². The lowest BCUT2D eigenvalue weighted by Crippen LogP contribution is -2.32. The van der Waals surface area contributed by atoms with E-state index < -0.39 is 52.8 Å². The number of benzene rings is 4. The number of anilines is 1. The number of hydrogen-bond acceptors (Lipinski definition) is 9. The van der Waals surface area contributed by atoms with E-state index in [2.05, 4.69) is 28.4 Å². The van der Waals surface area contributed by atoms with E-state index in [4.69, 9.17) is 11.6 Å². The molecule has 1 aliphatic carbocycles. The first kappa shape index (κ1) is 46.4. The topological polar surface area (TPSA) is 116 Å². The van der Waals surface area contributed by atoms with Crippen molar-refractivity contribution in [3.63, 3.8) is 0 Å². The zero-order chi connectivity index (χ0) is 43.8. The third kappa shape index (κ3) is 12.3. The third-order valence-electron chi connectivity index (χ3n) is 10.8. The highest BCUT2D eigenvalue weighted by Crippen LogP contribution is 2.37. The summed E-state index contributed by atoms with van der Waals surface area (Å²) in [5, 5.41) is 3.66. The quantitative estimate of drug-likeness (QED) is 0.106. The summed E-state index contributed by atoms with van der Waals surface area (Å²) in [6.07, 6.45) is 9.03. The minimum absolute atomic E-state index is 0.00136. The molecule has 0 aromatic heterocycles. The molecule has 1 amide bonds. The molecular formula is C45H50ClF3N4O5S3. The van der Waals surface area contributed by atoms with Crippen molar-refractivity contribution < 1.29 is 34.8 Å². The second-order valence-electron chi connectivity index (χ2n) is 15.5. The summed E-state index contributed by atoms with van der Waals surface area (Å²) < 4.78 is 96.8. The van der Waals surface area contributed by atoms with Gasteiger partial charge in [0.25, 0.3) is 25.8 Å². The minimum Gasteiger partial charge on any atom is -0.380 e. The monoisotopic (exact) mass is 914 g/mol. The Hall–Kier alpha value is -4.12. The fourth-order valence-electron chi connectivity index (χ4n) is 7.46. The molecule has 0 radical (unpaired) electrons. The number of allylic oxidation sites excluding steroid dienone is 1. The van der Waals surface area contributed by atoms with Gasteiger partial charge in [0.1, 0.15) is 4.90 Å². The largest absolute Gasteiger partial charge is 0.501 e. The van der Waals surface area contributed by atoms with E-state index in [9.17, 15) is 34.8 Å². The highest BCUT2D eigenvalue weighted by Gasteiger charge is 2.48. The second-order valence-corrected chi connectivity index (χ2v) is 20.7. The van der Waals surface area contributed by atoms with E-state index in [1.165, 1.54) is 53.4 Å². The van der Waals surface area contributed by atoms with Gasteiger partial charge >= 0.3 is 5.51 Å². The van der Waals surface area contributed by atoms with Gasteiger partial charge in [-0.3, -0.25) is 9.69 Å². The van der Waals surface area contributed by atoms with Crippen molar-refractivity contribution in [3.8, 4) is 0 Å². The standard InChI is InChI=1S/C45H50ClF3N4O5S3/c1-52(2)26-25-38(31-59-39-10-6-4-7-11-39)50-42-22-21-40(29-43(42)60(55,56)45(47,48)49)61(57,58)51-44(54)35-15-13-32(14-16-35)33-23-27-53(28-24-33)30-36-9-5-3-8-12-41(36)34-17-19-37(46)20-18-34/h4,6-7,10-11,13-23,29,38,50H,3,5,8-9,12,24-28,30-31H2,1-2H3,(H,51,54)/t38-/m1/s1. The predicted molar refractivity (Wildman–Crippen MR) is 239 cm³/mol. The van der Waals surface area contributed by atoms with Gasteiger partial charge in [0.2, 0.25) is 0 Å². The number of thioether (sulfide) groups is 1. The molecular weight excluding hydrogens is 865 g/mol.